The van der Waals surface area contributed by atoms with Crippen molar-refractivity contribution in [3.05, 3.63) is 12.7 Å². The minimum atomic E-state index is -0.692. The first-order valence-electron chi connectivity index (χ1n) is 6.41. The summed E-state index contributed by atoms with van der Waals surface area (Å²) in [4.78, 5) is 14.6. The molecule has 2 N–H and O–H groups in total. The van der Waals surface area contributed by atoms with Crippen molar-refractivity contribution in [3.63, 3.8) is 0 Å². The van der Waals surface area contributed by atoms with Crippen LogP contribution in [0.4, 0.5) is 5.82 Å². The Balaban J connectivity index is 2.03. The topological polar surface area (TPSA) is 96.5 Å². The Morgan fingerprint density at radius 2 is 2.20 bits per heavy atom. The molecular formula is C12H17N5O3. The predicted molar refractivity (Wildman–Crippen MR) is 71.3 cm³/mol. The molecule has 0 aromatic carbocycles. The summed E-state index contributed by atoms with van der Waals surface area (Å²) in [7, 11) is 3.76. The number of aliphatic hydroxyl groups excluding tert-OH is 2. The van der Waals surface area contributed by atoms with Crippen LogP contribution >= 0.6 is 0 Å². The van der Waals surface area contributed by atoms with E-state index in [4.69, 9.17) is 9.84 Å². The Bertz CT molecular complexity index is 614. The van der Waals surface area contributed by atoms with Crippen LogP contribution in [0.15, 0.2) is 12.7 Å². The maximum Gasteiger partial charge on any atom is 0.167 e. The van der Waals surface area contributed by atoms with Crippen LogP contribution in [0.5, 0.6) is 0 Å². The molecule has 0 bridgehead atoms. The van der Waals surface area contributed by atoms with Gasteiger partial charge in [-0.25, -0.2) is 15.0 Å². The lowest BCUT2D eigenvalue weighted by Crippen LogP contribution is -2.19. The molecule has 20 heavy (non-hydrogen) atoms. The van der Waals surface area contributed by atoms with E-state index in [-0.39, 0.29) is 12.7 Å². The van der Waals surface area contributed by atoms with Crippen LogP contribution in [-0.4, -0.2) is 62.6 Å². The number of hydrogen-bond acceptors (Lipinski definition) is 7. The van der Waals surface area contributed by atoms with E-state index in [0.29, 0.717) is 23.4 Å². The standard InChI is InChI=1S/C12H17N5O3/c1-16(2)10-9-11(14-5-13-10)17(6-15-9)12-8(19)3-7(4-18)20-12/h5-8,12,18-19H,3-4H2,1-2H3/t7-,8-,12+/m0/s1. The Hall–Kier alpha value is -1.77. The molecule has 0 aliphatic carbocycles. The van der Waals surface area contributed by atoms with Crippen LogP contribution in [0.2, 0.25) is 0 Å². The summed E-state index contributed by atoms with van der Waals surface area (Å²) in [6.45, 7) is -0.113. The number of anilines is 1. The van der Waals surface area contributed by atoms with E-state index >= 15 is 0 Å². The zero-order valence-corrected chi connectivity index (χ0v) is 11.3. The van der Waals surface area contributed by atoms with Crippen molar-refractivity contribution in [1.82, 2.24) is 19.5 Å². The molecule has 0 unspecified atom stereocenters. The second kappa shape index (κ2) is 4.97. The summed E-state index contributed by atoms with van der Waals surface area (Å²) in [6.07, 6.45) is 1.81. The van der Waals surface area contributed by atoms with Crippen LogP contribution in [0.1, 0.15) is 12.6 Å². The molecule has 8 heteroatoms. The summed E-state index contributed by atoms with van der Waals surface area (Å²) in [5, 5.41) is 19.2. The molecule has 0 radical (unpaired) electrons. The molecule has 3 rings (SSSR count). The summed E-state index contributed by atoms with van der Waals surface area (Å²) in [5.74, 6) is 0.708. The lowest BCUT2D eigenvalue weighted by atomic mass is 10.2. The monoisotopic (exact) mass is 279 g/mol. The lowest BCUT2D eigenvalue weighted by Gasteiger charge is -2.17. The summed E-state index contributed by atoms with van der Waals surface area (Å²) in [6, 6.07) is 0. The highest BCUT2D eigenvalue weighted by molar-refractivity contribution is 5.83. The third kappa shape index (κ3) is 2.01. The van der Waals surface area contributed by atoms with Crippen molar-refractivity contribution in [2.45, 2.75) is 24.9 Å². The summed E-state index contributed by atoms with van der Waals surface area (Å²) >= 11 is 0. The van der Waals surface area contributed by atoms with Crippen LogP contribution in [0, 0.1) is 0 Å². The van der Waals surface area contributed by atoms with Gasteiger partial charge in [-0.1, -0.05) is 0 Å². The van der Waals surface area contributed by atoms with E-state index in [9.17, 15) is 5.11 Å². The largest absolute Gasteiger partial charge is 0.394 e. The molecule has 1 aliphatic rings. The average molecular weight is 279 g/mol. The molecular weight excluding hydrogens is 262 g/mol. The SMILES string of the molecule is CN(C)c1ncnc2c1ncn2[C@@H]1O[C@H](CO)C[C@@H]1O. The van der Waals surface area contributed by atoms with Crippen molar-refractivity contribution in [2.75, 3.05) is 25.6 Å². The van der Waals surface area contributed by atoms with Crippen LogP contribution in [-0.2, 0) is 4.74 Å². The van der Waals surface area contributed by atoms with Crippen molar-refractivity contribution >= 4 is 17.0 Å². The minimum absolute atomic E-state index is 0.113. The Kier molecular flexibility index (Phi) is 3.28. The highest BCUT2D eigenvalue weighted by atomic mass is 16.5. The van der Waals surface area contributed by atoms with E-state index in [0.717, 1.165) is 0 Å². The smallest absolute Gasteiger partial charge is 0.167 e. The van der Waals surface area contributed by atoms with Gasteiger partial charge in [-0.15, -0.1) is 0 Å². The first-order chi connectivity index (χ1) is 9.61. The zero-order valence-electron chi connectivity index (χ0n) is 11.3. The van der Waals surface area contributed by atoms with E-state index in [1.54, 1.807) is 10.9 Å². The molecule has 0 amide bonds. The van der Waals surface area contributed by atoms with Gasteiger partial charge in [0.1, 0.15) is 12.4 Å². The molecule has 108 valence electrons. The van der Waals surface area contributed by atoms with Crippen LogP contribution in [0.3, 0.4) is 0 Å². The third-order valence-corrected chi connectivity index (χ3v) is 3.41. The minimum Gasteiger partial charge on any atom is -0.394 e. The normalized spacial score (nSPS) is 26.3. The van der Waals surface area contributed by atoms with Gasteiger partial charge < -0.3 is 19.8 Å². The number of fused-ring (bicyclic) bond motifs is 1. The van der Waals surface area contributed by atoms with Gasteiger partial charge >= 0.3 is 0 Å². The quantitative estimate of drug-likeness (QED) is 0.784. The Labute approximate surface area is 115 Å². The molecule has 3 atom stereocenters. The second-order valence-electron chi connectivity index (χ2n) is 5.05. The van der Waals surface area contributed by atoms with Gasteiger partial charge in [0, 0.05) is 20.5 Å². The first kappa shape index (κ1) is 13.2. The fourth-order valence-electron chi connectivity index (χ4n) is 2.45. The van der Waals surface area contributed by atoms with E-state index in [2.05, 4.69) is 15.0 Å². The van der Waals surface area contributed by atoms with Crippen LogP contribution < -0.4 is 4.90 Å². The molecule has 1 fully saturated rings. The predicted octanol–water partition coefficient (Wildman–Crippen LogP) is -0.467. The number of nitrogens with zero attached hydrogens (tertiary/aromatic N) is 5. The number of imidazole rings is 1. The number of aromatic nitrogens is 4. The maximum atomic E-state index is 10.1. The van der Waals surface area contributed by atoms with E-state index in [1.807, 2.05) is 19.0 Å². The van der Waals surface area contributed by atoms with Crippen molar-refractivity contribution in [3.8, 4) is 0 Å². The van der Waals surface area contributed by atoms with Gasteiger partial charge in [-0.3, -0.25) is 4.57 Å². The highest BCUT2D eigenvalue weighted by Crippen LogP contribution is 2.31. The average Bonchev–Trinajstić information content (AvgIpc) is 3.01. The van der Waals surface area contributed by atoms with Crippen molar-refractivity contribution in [2.24, 2.45) is 0 Å². The fraction of sp³-hybridized carbons (Fsp3) is 0.583. The number of ether oxygens (including phenoxy) is 1. The van der Waals surface area contributed by atoms with Gasteiger partial charge in [-0.2, -0.15) is 0 Å². The van der Waals surface area contributed by atoms with Crippen molar-refractivity contribution < 1.29 is 14.9 Å². The first-order valence-corrected chi connectivity index (χ1v) is 6.41. The van der Waals surface area contributed by atoms with Gasteiger partial charge in [-0.05, 0) is 0 Å². The molecule has 3 heterocycles. The summed E-state index contributed by atoms with van der Waals surface area (Å²) < 4.78 is 7.31. The van der Waals surface area contributed by atoms with Gasteiger partial charge in [0.2, 0.25) is 0 Å². The molecule has 0 saturated carbocycles. The molecule has 1 aliphatic heterocycles. The maximum absolute atomic E-state index is 10.1. The Morgan fingerprint density at radius 3 is 2.85 bits per heavy atom. The highest BCUT2D eigenvalue weighted by Gasteiger charge is 2.36. The fourth-order valence-corrected chi connectivity index (χ4v) is 2.45. The van der Waals surface area contributed by atoms with E-state index in [1.165, 1.54) is 6.33 Å². The third-order valence-electron chi connectivity index (χ3n) is 3.41. The molecule has 8 nitrogen and oxygen atoms in total. The molecule has 2 aromatic heterocycles. The van der Waals surface area contributed by atoms with Gasteiger partial charge in [0.25, 0.3) is 0 Å². The number of aliphatic hydroxyl groups is 2. The van der Waals surface area contributed by atoms with Crippen LogP contribution in [0.25, 0.3) is 11.2 Å². The zero-order chi connectivity index (χ0) is 14.3. The lowest BCUT2D eigenvalue weighted by molar-refractivity contribution is -0.0486. The van der Waals surface area contributed by atoms with Crippen molar-refractivity contribution in [1.29, 1.82) is 0 Å². The number of rotatable bonds is 3. The summed E-state index contributed by atoms with van der Waals surface area (Å²) in [5.41, 5.74) is 1.26. The number of hydrogen-bond donors (Lipinski definition) is 2. The second-order valence-corrected chi connectivity index (χ2v) is 5.05. The molecule has 2 aromatic rings. The Morgan fingerprint density at radius 1 is 1.40 bits per heavy atom. The molecule has 1 saturated heterocycles. The van der Waals surface area contributed by atoms with Gasteiger partial charge in [0.05, 0.1) is 19.0 Å². The van der Waals surface area contributed by atoms with Gasteiger partial charge in [0.15, 0.2) is 23.2 Å². The van der Waals surface area contributed by atoms with E-state index < -0.39 is 12.3 Å². The molecule has 0 spiro atoms.